The van der Waals surface area contributed by atoms with Crippen LogP contribution < -0.4 is 5.11 Å². The van der Waals surface area contributed by atoms with Gasteiger partial charge in [0.15, 0.2) is 0 Å². The molecule has 0 aromatic carbocycles. The van der Waals surface area contributed by atoms with Crippen LogP contribution in [-0.2, 0) is 4.79 Å². The van der Waals surface area contributed by atoms with Crippen LogP contribution in [0, 0.1) is 5.92 Å². The first-order valence-electron chi connectivity index (χ1n) is 1.85. The van der Waals surface area contributed by atoms with Gasteiger partial charge in [0.1, 0.15) is 0 Å². The van der Waals surface area contributed by atoms with Crippen LogP contribution in [0.15, 0.2) is 0 Å². The van der Waals surface area contributed by atoms with Gasteiger partial charge in [0.25, 0.3) is 0 Å². The van der Waals surface area contributed by atoms with Gasteiger partial charge in [-0.05, 0) is 5.92 Å². The molecule has 0 saturated carbocycles. The summed E-state index contributed by atoms with van der Waals surface area (Å²) in [5.74, 6) is -1.33. The third kappa shape index (κ3) is 6.39. The molecule has 0 atom stereocenters. The Kier molecular flexibility index (Phi) is 6.75. The summed E-state index contributed by atoms with van der Waals surface area (Å²) < 4.78 is 0. The van der Waals surface area contributed by atoms with E-state index in [-0.39, 0.29) is 33.2 Å². The van der Waals surface area contributed by atoms with Gasteiger partial charge in [0.2, 0.25) is 0 Å². The Morgan fingerprint density at radius 1 is 1.57 bits per heavy atom. The molecular formula is C4H7O2Tl. The molecule has 3 heteroatoms. The summed E-state index contributed by atoms with van der Waals surface area (Å²) in [5.41, 5.74) is 0. The Balaban J connectivity index is 0. The van der Waals surface area contributed by atoms with Crippen molar-refractivity contribution in [3.63, 3.8) is 0 Å². The fraction of sp³-hybridized carbons (Fsp3) is 0.750. The molecule has 2 nitrogen and oxygen atoms in total. The zero-order valence-electron chi connectivity index (χ0n) is 4.47. The van der Waals surface area contributed by atoms with Crippen molar-refractivity contribution in [2.45, 2.75) is 13.8 Å². The molecule has 0 aliphatic heterocycles. The maximum Gasteiger partial charge on any atom is 1.00 e. The molecule has 0 N–H and O–H groups in total. The minimum absolute atomic E-state index is 0. The fourth-order valence-corrected chi connectivity index (χ4v) is 0. The van der Waals surface area contributed by atoms with Crippen molar-refractivity contribution in [3.8, 4) is 0 Å². The fourth-order valence-electron chi connectivity index (χ4n) is 0. The molecule has 7 heavy (non-hydrogen) atoms. The number of carboxylic acid groups (broad SMARTS) is 1. The van der Waals surface area contributed by atoms with E-state index in [4.69, 9.17) is 0 Å². The number of carbonyl (C=O) groups is 1. The molecule has 0 radical (unpaired) electrons. The van der Waals surface area contributed by atoms with E-state index in [1.165, 1.54) is 0 Å². The topological polar surface area (TPSA) is 40.1 Å². The molecule has 0 aromatic rings. The van der Waals surface area contributed by atoms with E-state index in [9.17, 15) is 9.90 Å². The molecule has 0 rings (SSSR count). The third-order valence-electron chi connectivity index (χ3n) is 0.471. The van der Waals surface area contributed by atoms with Gasteiger partial charge in [0.05, 0.1) is 0 Å². The Hall–Kier alpha value is 0.392. The molecule has 0 fully saturated rings. The van der Waals surface area contributed by atoms with Gasteiger partial charge < -0.3 is 9.90 Å². The molecular weight excluding hydrogens is 284 g/mol. The summed E-state index contributed by atoms with van der Waals surface area (Å²) in [6.07, 6.45) is 0. The molecule has 0 unspecified atom stereocenters. The first-order chi connectivity index (χ1) is 2.64. The predicted octanol–water partition coefficient (Wildman–Crippen LogP) is -0.989. The van der Waals surface area contributed by atoms with Crippen LogP contribution in [-0.4, -0.2) is 33.3 Å². The molecule has 0 aromatic heterocycles. The van der Waals surface area contributed by atoms with Gasteiger partial charge in [-0.15, -0.1) is 0 Å². The first-order valence-corrected chi connectivity index (χ1v) is 1.85. The molecule has 0 heterocycles. The number of hydrogen-bond acceptors (Lipinski definition) is 2. The number of hydrogen-bond donors (Lipinski definition) is 0. The van der Waals surface area contributed by atoms with E-state index < -0.39 is 5.97 Å². The summed E-state index contributed by atoms with van der Waals surface area (Å²) in [7, 11) is 0. The van der Waals surface area contributed by atoms with Crippen molar-refractivity contribution in [1.82, 2.24) is 0 Å². The van der Waals surface area contributed by atoms with Crippen molar-refractivity contribution in [1.29, 1.82) is 0 Å². The predicted molar refractivity (Wildman–Crippen MR) is 25.6 cm³/mol. The van der Waals surface area contributed by atoms with Gasteiger partial charge >= 0.3 is 27.3 Å². The summed E-state index contributed by atoms with van der Waals surface area (Å²) in [4.78, 5) is 9.59. The van der Waals surface area contributed by atoms with E-state index in [0.717, 1.165) is 0 Å². The average molecular weight is 291 g/mol. The van der Waals surface area contributed by atoms with E-state index in [1.807, 2.05) is 0 Å². The van der Waals surface area contributed by atoms with Gasteiger partial charge in [-0.25, -0.2) is 0 Å². The molecule has 0 aliphatic rings. The molecule has 38 valence electrons. The average Bonchev–Trinajstić information content (AvgIpc) is 1.36. The van der Waals surface area contributed by atoms with Crippen LogP contribution >= 0.6 is 0 Å². The van der Waals surface area contributed by atoms with Crippen LogP contribution in [0.4, 0.5) is 0 Å². The second-order valence-electron chi connectivity index (χ2n) is 1.47. The normalized spacial score (nSPS) is 7.86. The van der Waals surface area contributed by atoms with Gasteiger partial charge in [-0.3, -0.25) is 0 Å². The molecule has 0 bridgehead atoms. The molecule has 0 amide bonds. The quantitative estimate of drug-likeness (QED) is 0.582. The maximum absolute atomic E-state index is 9.59. The second-order valence-corrected chi connectivity index (χ2v) is 1.47. The summed E-state index contributed by atoms with van der Waals surface area (Å²) in [6.45, 7) is 3.16. The van der Waals surface area contributed by atoms with Crippen LogP contribution in [0.1, 0.15) is 13.8 Å². The zero-order chi connectivity index (χ0) is 5.15. The third-order valence-corrected chi connectivity index (χ3v) is 0.471. The van der Waals surface area contributed by atoms with Crippen LogP contribution in [0.3, 0.4) is 0 Å². The van der Waals surface area contributed by atoms with Gasteiger partial charge in [-0.2, -0.15) is 0 Å². The minimum Gasteiger partial charge on any atom is -0.550 e. The largest absolute Gasteiger partial charge is 1.00 e. The van der Waals surface area contributed by atoms with Crippen LogP contribution in [0.25, 0.3) is 0 Å². The number of rotatable bonds is 1. The van der Waals surface area contributed by atoms with E-state index >= 15 is 0 Å². The molecule has 0 saturated heterocycles. The Morgan fingerprint density at radius 3 is 1.71 bits per heavy atom. The van der Waals surface area contributed by atoms with E-state index in [1.54, 1.807) is 13.8 Å². The monoisotopic (exact) mass is 292 g/mol. The van der Waals surface area contributed by atoms with Gasteiger partial charge in [-0.1, -0.05) is 13.8 Å². The SMILES string of the molecule is CC(C)C(=O)[O-].[Tl+]. The minimum atomic E-state index is -0.991. The van der Waals surface area contributed by atoms with Gasteiger partial charge in [0, 0.05) is 5.97 Å². The number of carbonyl (C=O) groups excluding carboxylic acids is 1. The summed E-state index contributed by atoms with van der Waals surface area (Å²) in [6, 6.07) is 0. The van der Waals surface area contributed by atoms with Crippen LogP contribution in [0.2, 0.25) is 0 Å². The summed E-state index contributed by atoms with van der Waals surface area (Å²) in [5, 5.41) is 9.59. The Labute approximate surface area is 63.1 Å². The number of carboxylic acids is 1. The summed E-state index contributed by atoms with van der Waals surface area (Å²) >= 11 is 0. The first kappa shape index (κ1) is 10.4. The zero-order valence-corrected chi connectivity index (χ0v) is 8.96. The molecule has 0 spiro atoms. The van der Waals surface area contributed by atoms with Crippen LogP contribution in [0.5, 0.6) is 0 Å². The Bertz CT molecular complexity index is 60.7. The van der Waals surface area contributed by atoms with Crippen molar-refractivity contribution >= 4 is 33.3 Å². The number of aliphatic carboxylic acids is 1. The second kappa shape index (κ2) is 4.55. The standard InChI is InChI=1S/C4H8O2.Tl/c1-3(2)4(5)6;/h3H,1-2H3,(H,5,6);/q;+1/p-1. The van der Waals surface area contributed by atoms with E-state index in [2.05, 4.69) is 0 Å². The molecule has 0 aliphatic carbocycles. The van der Waals surface area contributed by atoms with Crippen molar-refractivity contribution in [3.05, 3.63) is 0 Å². The Morgan fingerprint density at radius 2 is 1.71 bits per heavy atom. The van der Waals surface area contributed by atoms with Crippen molar-refractivity contribution in [2.75, 3.05) is 0 Å². The smallest absolute Gasteiger partial charge is 0.550 e. The van der Waals surface area contributed by atoms with E-state index in [0.29, 0.717) is 0 Å². The van der Waals surface area contributed by atoms with Crippen molar-refractivity contribution in [2.24, 2.45) is 5.92 Å². The maximum atomic E-state index is 9.59. The van der Waals surface area contributed by atoms with Crippen molar-refractivity contribution < 1.29 is 9.90 Å².